The molecular formula is C22H22N4O2S. The molecule has 0 aliphatic carbocycles. The van der Waals surface area contributed by atoms with Crippen molar-refractivity contribution in [3.05, 3.63) is 64.9 Å². The second-order valence-electron chi connectivity index (χ2n) is 6.67. The highest BCUT2D eigenvalue weighted by molar-refractivity contribution is 7.17. The molecule has 29 heavy (non-hydrogen) atoms. The topological polar surface area (TPSA) is 69.0 Å². The van der Waals surface area contributed by atoms with Crippen LogP contribution in [0.2, 0.25) is 0 Å². The molecule has 3 aromatic heterocycles. The van der Waals surface area contributed by atoms with Crippen LogP contribution in [0.25, 0.3) is 21.6 Å². The van der Waals surface area contributed by atoms with E-state index in [0.717, 1.165) is 45.2 Å². The number of carbonyl (C=O) groups excluding carboxylic acids is 1. The van der Waals surface area contributed by atoms with Crippen LogP contribution in [0, 0.1) is 6.92 Å². The first-order valence-corrected chi connectivity index (χ1v) is 10.2. The first-order valence-electron chi connectivity index (χ1n) is 9.43. The number of benzene rings is 1. The second-order valence-corrected chi connectivity index (χ2v) is 7.67. The molecule has 3 heterocycles. The first-order chi connectivity index (χ1) is 14.1. The molecular weight excluding hydrogens is 384 g/mol. The summed E-state index contributed by atoms with van der Waals surface area (Å²) in [6.45, 7) is 5.24. The third-order valence-electron chi connectivity index (χ3n) is 4.82. The van der Waals surface area contributed by atoms with Crippen LogP contribution >= 0.6 is 11.3 Å². The lowest BCUT2D eigenvalue weighted by atomic mass is 10.2. The van der Waals surface area contributed by atoms with E-state index >= 15 is 0 Å². The predicted octanol–water partition coefficient (Wildman–Crippen LogP) is 4.43. The van der Waals surface area contributed by atoms with E-state index in [-0.39, 0.29) is 5.91 Å². The van der Waals surface area contributed by atoms with Crippen molar-refractivity contribution in [3.8, 4) is 16.3 Å². The number of ether oxygens (including phenoxy) is 1. The number of rotatable bonds is 6. The Balaban J connectivity index is 1.57. The van der Waals surface area contributed by atoms with Gasteiger partial charge < -0.3 is 14.6 Å². The number of carbonyl (C=O) groups is 1. The number of nitrogens with one attached hydrogen (secondary N) is 1. The molecule has 1 aromatic carbocycles. The van der Waals surface area contributed by atoms with Crippen molar-refractivity contribution in [2.24, 2.45) is 0 Å². The molecule has 0 fully saturated rings. The van der Waals surface area contributed by atoms with Gasteiger partial charge in [0, 0.05) is 36.4 Å². The lowest BCUT2D eigenvalue weighted by Crippen LogP contribution is -2.22. The summed E-state index contributed by atoms with van der Waals surface area (Å²) in [5.41, 5.74) is 3.69. The zero-order valence-electron chi connectivity index (χ0n) is 16.6. The van der Waals surface area contributed by atoms with Crippen molar-refractivity contribution in [1.29, 1.82) is 0 Å². The van der Waals surface area contributed by atoms with Crippen molar-refractivity contribution < 1.29 is 9.53 Å². The number of hydrogen-bond acceptors (Lipinski definition) is 5. The van der Waals surface area contributed by atoms with Crippen molar-refractivity contribution in [2.75, 3.05) is 7.11 Å². The third kappa shape index (κ3) is 3.73. The molecule has 4 rings (SSSR count). The Hall–Kier alpha value is -3.19. The summed E-state index contributed by atoms with van der Waals surface area (Å²) in [6, 6.07) is 11.6. The zero-order valence-corrected chi connectivity index (χ0v) is 17.4. The zero-order chi connectivity index (χ0) is 20.4. The first kappa shape index (κ1) is 19.1. The van der Waals surface area contributed by atoms with Crippen LogP contribution in [-0.4, -0.2) is 27.6 Å². The summed E-state index contributed by atoms with van der Waals surface area (Å²) in [5, 5.41) is 4.87. The summed E-state index contributed by atoms with van der Waals surface area (Å²) >= 11 is 1.42. The summed E-state index contributed by atoms with van der Waals surface area (Å²) < 4.78 is 7.27. The van der Waals surface area contributed by atoms with Crippen LogP contribution in [0.5, 0.6) is 5.75 Å². The average Bonchev–Trinajstić information content (AvgIpc) is 3.32. The molecule has 0 unspecified atom stereocenters. The van der Waals surface area contributed by atoms with Gasteiger partial charge in [-0.1, -0.05) is 12.1 Å². The number of thiazole rings is 1. The van der Waals surface area contributed by atoms with E-state index in [4.69, 9.17) is 4.74 Å². The Labute approximate surface area is 173 Å². The van der Waals surface area contributed by atoms with Gasteiger partial charge in [0.15, 0.2) is 0 Å². The average molecular weight is 407 g/mol. The summed E-state index contributed by atoms with van der Waals surface area (Å²) in [5.74, 6) is 0.683. The lowest BCUT2D eigenvalue weighted by molar-refractivity contribution is 0.0954. The van der Waals surface area contributed by atoms with Crippen LogP contribution in [0.3, 0.4) is 0 Å². The van der Waals surface area contributed by atoms with Crippen LogP contribution in [0.1, 0.15) is 27.9 Å². The molecule has 0 aliphatic rings. The Morgan fingerprint density at radius 1 is 1.24 bits per heavy atom. The van der Waals surface area contributed by atoms with Gasteiger partial charge >= 0.3 is 0 Å². The number of amides is 1. The smallest absolute Gasteiger partial charge is 0.263 e. The lowest BCUT2D eigenvalue weighted by Gasteiger charge is -2.05. The fourth-order valence-corrected chi connectivity index (χ4v) is 4.27. The van der Waals surface area contributed by atoms with Crippen LogP contribution in [0.4, 0.5) is 0 Å². The third-order valence-corrected chi connectivity index (χ3v) is 6.01. The molecule has 4 aromatic rings. The van der Waals surface area contributed by atoms with Gasteiger partial charge in [-0.25, -0.2) is 9.97 Å². The van der Waals surface area contributed by atoms with Gasteiger partial charge in [-0.2, -0.15) is 0 Å². The molecule has 148 valence electrons. The number of methoxy groups -OCH3 is 1. The van der Waals surface area contributed by atoms with E-state index in [2.05, 4.69) is 33.0 Å². The van der Waals surface area contributed by atoms with E-state index in [1.54, 1.807) is 13.3 Å². The minimum atomic E-state index is -0.112. The van der Waals surface area contributed by atoms with Gasteiger partial charge in [-0.3, -0.25) is 4.79 Å². The van der Waals surface area contributed by atoms with Crippen molar-refractivity contribution in [1.82, 2.24) is 19.9 Å². The Kier molecular flexibility index (Phi) is 5.31. The maximum Gasteiger partial charge on any atom is 0.263 e. The van der Waals surface area contributed by atoms with Gasteiger partial charge in [0.1, 0.15) is 21.3 Å². The number of fused-ring (bicyclic) bond motifs is 1. The van der Waals surface area contributed by atoms with Gasteiger partial charge in [0.05, 0.1) is 12.8 Å². The van der Waals surface area contributed by atoms with E-state index < -0.39 is 0 Å². The minimum absolute atomic E-state index is 0.112. The molecule has 0 atom stereocenters. The molecule has 1 amide bonds. The Bertz CT molecular complexity index is 1160. The van der Waals surface area contributed by atoms with Crippen LogP contribution < -0.4 is 10.1 Å². The maximum absolute atomic E-state index is 12.7. The Morgan fingerprint density at radius 3 is 2.76 bits per heavy atom. The van der Waals surface area contributed by atoms with Crippen LogP contribution in [-0.2, 0) is 13.1 Å². The summed E-state index contributed by atoms with van der Waals surface area (Å²) in [6.07, 6.45) is 3.86. The normalized spacial score (nSPS) is 11.0. The van der Waals surface area contributed by atoms with E-state index in [9.17, 15) is 4.79 Å². The summed E-state index contributed by atoms with van der Waals surface area (Å²) in [4.78, 5) is 22.5. The number of nitrogens with zero attached hydrogens (tertiary/aromatic N) is 3. The molecule has 0 spiro atoms. The SMILES string of the molecule is CCn1cc(-c2nc(C)c(C(=O)NCc3ccc(OC)cc3)s2)c2cccnc21. The standard InChI is InChI=1S/C22H22N4O2S/c1-4-26-13-18(17-6-5-11-23-20(17)26)22-25-14(2)19(29-22)21(27)24-12-15-7-9-16(28-3)10-8-15/h5-11,13H,4,12H2,1-3H3,(H,24,27). The molecule has 6 nitrogen and oxygen atoms in total. The summed E-state index contributed by atoms with van der Waals surface area (Å²) in [7, 11) is 1.63. The number of aromatic nitrogens is 3. The number of hydrogen-bond donors (Lipinski definition) is 1. The fraction of sp³-hybridized carbons (Fsp3) is 0.227. The molecule has 0 radical (unpaired) electrons. The van der Waals surface area contributed by atoms with Crippen molar-refractivity contribution in [2.45, 2.75) is 26.9 Å². The highest BCUT2D eigenvalue weighted by Gasteiger charge is 2.19. The molecule has 1 N–H and O–H groups in total. The molecule has 7 heteroatoms. The highest BCUT2D eigenvalue weighted by atomic mass is 32.1. The van der Waals surface area contributed by atoms with Gasteiger partial charge in [-0.15, -0.1) is 11.3 Å². The predicted molar refractivity (Wildman–Crippen MR) is 115 cm³/mol. The molecule has 0 saturated carbocycles. The highest BCUT2D eigenvalue weighted by Crippen LogP contribution is 2.34. The number of aryl methyl sites for hydroxylation is 2. The molecule has 0 bridgehead atoms. The second kappa shape index (κ2) is 8.05. The van der Waals surface area contributed by atoms with Gasteiger partial charge in [0.25, 0.3) is 5.91 Å². The maximum atomic E-state index is 12.7. The van der Waals surface area contributed by atoms with Crippen LogP contribution in [0.15, 0.2) is 48.8 Å². The molecule has 0 aliphatic heterocycles. The van der Waals surface area contributed by atoms with E-state index in [1.807, 2.05) is 43.3 Å². The fourth-order valence-electron chi connectivity index (χ4n) is 3.26. The van der Waals surface area contributed by atoms with Crippen molar-refractivity contribution in [3.63, 3.8) is 0 Å². The largest absolute Gasteiger partial charge is 0.497 e. The van der Waals surface area contributed by atoms with Gasteiger partial charge in [0.2, 0.25) is 0 Å². The molecule has 0 saturated heterocycles. The van der Waals surface area contributed by atoms with Crippen molar-refractivity contribution >= 4 is 28.3 Å². The number of pyridine rings is 1. The quantitative estimate of drug-likeness (QED) is 0.514. The van der Waals surface area contributed by atoms with E-state index in [1.165, 1.54) is 11.3 Å². The monoisotopic (exact) mass is 406 g/mol. The van der Waals surface area contributed by atoms with Gasteiger partial charge in [-0.05, 0) is 43.7 Å². The minimum Gasteiger partial charge on any atom is -0.497 e. The van der Waals surface area contributed by atoms with E-state index in [0.29, 0.717) is 11.4 Å². The Morgan fingerprint density at radius 2 is 2.03 bits per heavy atom.